The lowest BCUT2D eigenvalue weighted by Crippen LogP contribution is -2.11. The largest absolute Gasteiger partial charge is 0.494 e. The molecule has 0 spiro atoms. The summed E-state index contributed by atoms with van der Waals surface area (Å²) < 4.78 is 11.1. The zero-order valence-electron chi connectivity index (χ0n) is 10.7. The second-order valence-electron chi connectivity index (χ2n) is 3.97. The molecule has 0 aliphatic carbocycles. The van der Waals surface area contributed by atoms with E-state index < -0.39 is 0 Å². The van der Waals surface area contributed by atoms with Crippen molar-refractivity contribution in [1.82, 2.24) is 0 Å². The number of benzene rings is 1. The fraction of sp³-hybridized carbons (Fsp3) is 0.214. The van der Waals surface area contributed by atoms with Crippen LogP contribution in [0, 0.1) is 6.92 Å². The standard InChI is InChI=1S/C14H14BrNO3/c1-3-18-10-4-5-11(9(2)8-10)16-14(17)12-6-7-13(15)19-12/h4-8H,3H2,1-2H3,(H,16,17). The molecule has 1 aromatic heterocycles. The van der Waals surface area contributed by atoms with Crippen LogP contribution in [0.2, 0.25) is 0 Å². The molecule has 100 valence electrons. The van der Waals surface area contributed by atoms with Crippen LogP contribution >= 0.6 is 15.9 Å². The van der Waals surface area contributed by atoms with Gasteiger partial charge in [-0.05, 0) is 65.7 Å². The van der Waals surface area contributed by atoms with Gasteiger partial charge in [-0.2, -0.15) is 0 Å². The van der Waals surface area contributed by atoms with Gasteiger partial charge in [0.15, 0.2) is 10.4 Å². The summed E-state index contributed by atoms with van der Waals surface area (Å²) in [6.07, 6.45) is 0. The number of nitrogens with one attached hydrogen (secondary N) is 1. The molecule has 0 saturated carbocycles. The van der Waals surface area contributed by atoms with Gasteiger partial charge >= 0.3 is 0 Å². The molecule has 2 aromatic rings. The molecule has 0 bridgehead atoms. The number of anilines is 1. The normalized spacial score (nSPS) is 10.3. The highest BCUT2D eigenvalue weighted by molar-refractivity contribution is 9.10. The summed E-state index contributed by atoms with van der Waals surface area (Å²) in [6.45, 7) is 4.46. The first-order valence-electron chi connectivity index (χ1n) is 5.90. The summed E-state index contributed by atoms with van der Waals surface area (Å²) in [7, 11) is 0. The third kappa shape index (κ3) is 3.38. The van der Waals surface area contributed by atoms with Crippen LogP contribution < -0.4 is 10.1 Å². The van der Waals surface area contributed by atoms with E-state index in [1.165, 1.54) is 0 Å². The zero-order chi connectivity index (χ0) is 13.8. The predicted molar refractivity (Wildman–Crippen MR) is 76.7 cm³/mol. The number of hydrogen-bond acceptors (Lipinski definition) is 3. The molecular weight excluding hydrogens is 310 g/mol. The summed E-state index contributed by atoms with van der Waals surface area (Å²) in [4.78, 5) is 11.9. The maximum absolute atomic E-state index is 11.9. The molecule has 1 heterocycles. The molecule has 0 radical (unpaired) electrons. The van der Waals surface area contributed by atoms with Gasteiger partial charge in [0.05, 0.1) is 6.61 Å². The lowest BCUT2D eigenvalue weighted by atomic mass is 10.2. The average Bonchev–Trinajstić information content (AvgIpc) is 2.80. The highest BCUT2D eigenvalue weighted by Crippen LogP contribution is 2.22. The fourth-order valence-electron chi connectivity index (χ4n) is 1.65. The molecule has 5 heteroatoms. The Balaban J connectivity index is 2.13. The first-order valence-corrected chi connectivity index (χ1v) is 6.69. The number of carbonyl (C=O) groups excluding carboxylic acids is 1. The minimum Gasteiger partial charge on any atom is -0.494 e. The number of carbonyl (C=O) groups is 1. The van der Waals surface area contributed by atoms with E-state index in [1.807, 2.05) is 32.0 Å². The molecule has 19 heavy (non-hydrogen) atoms. The quantitative estimate of drug-likeness (QED) is 0.925. The van der Waals surface area contributed by atoms with Crippen molar-refractivity contribution in [2.45, 2.75) is 13.8 Å². The minimum absolute atomic E-state index is 0.264. The number of ether oxygens (including phenoxy) is 1. The monoisotopic (exact) mass is 323 g/mol. The zero-order valence-corrected chi connectivity index (χ0v) is 12.3. The van der Waals surface area contributed by atoms with Gasteiger partial charge in [-0.15, -0.1) is 0 Å². The van der Waals surface area contributed by atoms with E-state index in [2.05, 4.69) is 21.2 Å². The summed E-state index contributed by atoms with van der Waals surface area (Å²) in [6, 6.07) is 8.82. The van der Waals surface area contributed by atoms with Crippen LogP contribution in [0.15, 0.2) is 39.4 Å². The SMILES string of the molecule is CCOc1ccc(NC(=O)c2ccc(Br)o2)c(C)c1. The highest BCUT2D eigenvalue weighted by atomic mass is 79.9. The molecule has 0 atom stereocenters. The Labute approximate surface area is 119 Å². The number of rotatable bonds is 4. The number of hydrogen-bond donors (Lipinski definition) is 1. The highest BCUT2D eigenvalue weighted by Gasteiger charge is 2.12. The van der Waals surface area contributed by atoms with Crippen LogP contribution in [0.1, 0.15) is 23.0 Å². The van der Waals surface area contributed by atoms with Crippen LogP contribution in [0.4, 0.5) is 5.69 Å². The molecule has 0 unspecified atom stereocenters. The topological polar surface area (TPSA) is 51.5 Å². The maximum Gasteiger partial charge on any atom is 0.291 e. The van der Waals surface area contributed by atoms with Crippen molar-refractivity contribution in [3.63, 3.8) is 0 Å². The molecule has 2 rings (SSSR count). The fourth-order valence-corrected chi connectivity index (χ4v) is 1.96. The van der Waals surface area contributed by atoms with Gasteiger partial charge in [0, 0.05) is 5.69 Å². The van der Waals surface area contributed by atoms with Crippen LogP contribution in [0.5, 0.6) is 5.75 Å². The van der Waals surface area contributed by atoms with Crippen LogP contribution in [0.3, 0.4) is 0 Å². The van der Waals surface area contributed by atoms with Gasteiger partial charge in [0.25, 0.3) is 5.91 Å². The molecule has 1 aromatic carbocycles. The number of furan rings is 1. The molecule has 0 aliphatic rings. The lowest BCUT2D eigenvalue weighted by Gasteiger charge is -2.09. The first-order chi connectivity index (χ1) is 9.10. The molecule has 1 amide bonds. The second-order valence-corrected chi connectivity index (χ2v) is 4.75. The Kier molecular flexibility index (Phi) is 4.27. The van der Waals surface area contributed by atoms with Crippen molar-refractivity contribution in [2.24, 2.45) is 0 Å². The third-order valence-corrected chi connectivity index (χ3v) is 2.98. The van der Waals surface area contributed by atoms with Crippen molar-refractivity contribution in [1.29, 1.82) is 0 Å². The Morgan fingerprint density at radius 3 is 2.74 bits per heavy atom. The Morgan fingerprint density at radius 2 is 2.16 bits per heavy atom. The third-order valence-electron chi connectivity index (χ3n) is 2.55. The van der Waals surface area contributed by atoms with E-state index in [1.54, 1.807) is 12.1 Å². The van der Waals surface area contributed by atoms with E-state index in [0.29, 0.717) is 11.3 Å². The van der Waals surface area contributed by atoms with Crippen LogP contribution in [0.25, 0.3) is 0 Å². The smallest absolute Gasteiger partial charge is 0.291 e. The molecule has 4 nitrogen and oxygen atoms in total. The van der Waals surface area contributed by atoms with Gasteiger partial charge < -0.3 is 14.5 Å². The lowest BCUT2D eigenvalue weighted by molar-refractivity contribution is 0.0995. The van der Waals surface area contributed by atoms with E-state index in [0.717, 1.165) is 17.0 Å². The summed E-state index contributed by atoms with van der Waals surface area (Å²) >= 11 is 3.16. The predicted octanol–water partition coefficient (Wildman–Crippen LogP) is 4.00. The first kappa shape index (κ1) is 13.7. The molecule has 1 N–H and O–H groups in total. The van der Waals surface area contributed by atoms with Crippen LogP contribution in [-0.2, 0) is 0 Å². The Bertz CT molecular complexity index is 592. The van der Waals surface area contributed by atoms with E-state index in [-0.39, 0.29) is 11.7 Å². The van der Waals surface area contributed by atoms with Crippen molar-refractivity contribution < 1.29 is 13.9 Å². The summed E-state index contributed by atoms with van der Waals surface area (Å²) in [5.74, 6) is 0.775. The molecule has 0 aliphatic heterocycles. The van der Waals surface area contributed by atoms with Gasteiger partial charge in [-0.25, -0.2) is 0 Å². The molecule has 0 saturated heterocycles. The van der Waals surface area contributed by atoms with E-state index in [9.17, 15) is 4.79 Å². The number of amides is 1. The Hall–Kier alpha value is -1.75. The molecular formula is C14H14BrNO3. The van der Waals surface area contributed by atoms with Crippen molar-refractivity contribution in [3.8, 4) is 5.75 Å². The van der Waals surface area contributed by atoms with Gasteiger partial charge in [0.1, 0.15) is 5.75 Å². The molecule has 0 fully saturated rings. The van der Waals surface area contributed by atoms with Gasteiger partial charge in [-0.1, -0.05) is 0 Å². The van der Waals surface area contributed by atoms with Crippen molar-refractivity contribution in [2.75, 3.05) is 11.9 Å². The average molecular weight is 324 g/mol. The minimum atomic E-state index is -0.280. The van der Waals surface area contributed by atoms with E-state index >= 15 is 0 Å². The van der Waals surface area contributed by atoms with E-state index in [4.69, 9.17) is 9.15 Å². The Morgan fingerprint density at radius 1 is 1.37 bits per heavy atom. The summed E-state index contributed by atoms with van der Waals surface area (Å²) in [5, 5.41) is 2.80. The van der Waals surface area contributed by atoms with Crippen molar-refractivity contribution in [3.05, 3.63) is 46.3 Å². The number of halogens is 1. The van der Waals surface area contributed by atoms with Crippen molar-refractivity contribution >= 4 is 27.5 Å². The van der Waals surface area contributed by atoms with Crippen LogP contribution in [-0.4, -0.2) is 12.5 Å². The summed E-state index contributed by atoms with van der Waals surface area (Å²) in [5.41, 5.74) is 1.67. The van der Waals surface area contributed by atoms with Gasteiger partial charge in [-0.3, -0.25) is 4.79 Å². The number of aryl methyl sites for hydroxylation is 1. The maximum atomic E-state index is 11.9. The second kappa shape index (κ2) is 5.93. The van der Waals surface area contributed by atoms with Gasteiger partial charge in [0.2, 0.25) is 0 Å².